The van der Waals surface area contributed by atoms with Crippen molar-refractivity contribution in [3.63, 3.8) is 0 Å². The predicted octanol–water partition coefficient (Wildman–Crippen LogP) is 3.90. The van der Waals surface area contributed by atoms with Gasteiger partial charge in [-0.05, 0) is 50.1 Å². The van der Waals surface area contributed by atoms with Crippen molar-refractivity contribution in [1.82, 2.24) is 4.90 Å². The number of rotatable bonds is 1. The van der Waals surface area contributed by atoms with Gasteiger partial charge >= 0.3 is 0 Å². The van der Waals surface area contributed by atoms with E-state index in [0.717, 1.165) is 34.0 Å². The molecule has 1 aliphatic heterocycles. The Balaban J connectivity index is 2.56. The van der Waals surface area contributed by atoms with Gasteiger partial charge in [-0.1, -0.05) is 13.2 Å². The van der Waals surface area contributed by atoms with E-state index in [0.29, 0.717) is 5.56 Å². The van der Waals surface area contributed by atoms with Crippen molar-refractivity contribution in [1.29, 1.82) is 5.26 Å². The summed E-state index contributed by atoms with van der Waals surface area (Å²) in [5.74, 6) is 0.867. The van der Waals surface area contributed by atoms with Crippen LogP contribution in [0, 0.1) is 18.3 Å². The Bertz CT molecular complexity index is 674. The fourth-order valence-electron chi connectivity index (χ4n) is 2.39. The molecule has 2 rings (SSSR count). The van der Waals surface area contributed by atoms with E-state index in [4.69, 9.17) is 5.26 Å². The second-order valence-electron chi connectivity index (χ2n) is 5.08. The SMILES string of the molecule is C=C1C(C)=C(C)N(C)C(=C)N1c1ccc(C#N)cc1C. The average molecular weight is 265 g/mol. The first-order chi connectivity index (χ1) is 9.38. The number of aryl methyl sites for hydroxylation is 1. The second kappa shape index (κ2) is 4.90. The van der Waals surface area contributed by atoms with Crippen LogP contribution >= 0.6 is 0 Å². The van der Waals surface area contributed by atoms with Crippen molar-refractivity contribution < 1.29 is 0 Å². The first kappa shape index (κ1) is 14.0. The van der Waals surface area contributed by atoms with Crippen molar-refractivity contribution in [3.05, 3.63) is 65.3 Å². The van der Waals surface area contributed by atoms with Gasteiger partial charge in [0.25, 0.3) is 0 Å². The van der Waals surface area contributed by atoms with E-state index in [9.17, 15) is 0 Å². The fraction of sp³-hybridized carbons (Fsp3) is 0.235. The van der Waals surface area contributed by atoms with Crippen molar-refractivity contribution in [2.45, 2.75) is 20.8 Å². The summed E-state index contributed by atoms with van der Waals surface area (Å²) in [7, 11) is 2.00. The minimum absolute atomic E-state index is 0.663. The summed E-state index contributed by atoms with van der Waals surface area (Å²) in [6.45, 7) is 14.5. The molecule has 102 valence electrons. The summed E-state index contributed by atoms with van der Waals surface area (Å²) in [6.07, 6.45) is 0. The molecule has 0 saturated heterocycles. The molecule has 1 aromatic rings. The Morgan fingerprint density at radius 1 is 1.15 bits per heavy atom. The van der Waals surface area contributed by atoms with Crippen molar-refractivity contribution in [3.8, 4) is 6.07 Å². The van der Waals surface area contributed by atoms with Crippen LogP contribution in [-0.4, -0.2) is 11.9 Å². The lowest BCUT2D eigenvalue weighted by Gasteiger charge is -2.41. The summed E-state index contributed by atoms with van der Waals surface area (Å²) in [5.41, 5.74) is 5.94. The molecule has 20 heavy (non-hydrogen) atoms. The van der Waals surface area contributed by atoms with Gasteiger partial charge in [0, 0.05) is 18.4 Å². The van der Waals surface area contributed by atoms with Crippen LogP contribution in [0.25, 0.3) is 0 Å². The summed E-state index contributed by atoms with van der Waals surface area (Å²) < 4.78 is 0. The first-order valence-corrected chi connectivity index (χ1v) is 6.48. The lowest BCUT2D eigenvalue weighted by atomic mass is 10.0. The number of allylic oxidation sites excluding steroid dienone is 2. The third-order valence-corrected chi connectivity index (χ3v) is 3.96. The molecule has 1 aliphatic rings. The molecule has 0 spiro atoms. The van der Waals surface area contributed by atoms with Crippen LogP contribution in [0.15, 0.2) is 54.1 Å². The minimum atomic E-state index is 0.663. The lowest BCUT2D eigenvalue weighted by Crippen LogP contribution is -2.36. The van der Waals surface area contributed by atoms with Crippen molar-refractivity contribution >= 4 is 5.69 Å². The van der Waals surface area contributed by atoms with E-state index in [1.54, 1.807) is 0 Å². The quantitative estimate of drug-likeness (QED) is 0.771. The molecule has 0 N–H and O–H groups in total. The van der Waals surface area contributed by atoms with E-state index in [2.05, 4.69) is 38.0 Å². The van der Waals surface area contributed by atoms with Crippen LogP contribution in [0.1, 0.15) is 25.0 Å². The summed E-state index contributed by atoms with van der Waals surface area (Å²) in [5, 5.41) is 8.97. The van der Waals surface area contributed by atoms with Gasteiger partial charge in [0.15, 0.2) is 0 Å². The highest BCUT2D eigenvalue weighted by molar-refractivity contribution is 5.67. The lowest BCUT2D eigenvalue weighted by molar-refractivity contribution is 0.487. The maximum atomic E-state index is 8.97. The number of benzene rings is 1. The molecular weight excluding hydrogens is 246 g/mol. The zero-order chi connectivity index (χ0) is 15.0. The first-order valence-electron chi connectivity index (χ1n) is 6.48. The van der Waals surface area contributed by atoms with E-state index in [1.165, 1.54) is 0 Å². The van der Waals surface area contributed by atoms with Gasteiger partial charge in [0.05, 0.1) is 17.3 Å². The highest BCUT2D eigenvalue weighted by Crippen LogP contribution is 2.36. The molecular formula is C17H19N3. The highest BCUT2D eigenvalue weighted by atomic mass is 15.3. The maximum absolute atomic E-state index is 8.97. The average Bonchev–Trinajstić information content (AvgIpc) is 2.44. The van der Waals surface area contributed by atoms with Crippen LogP contribution < -0.4 is 4.90 Å². The summed E-state index contributed by atoms with van der Waals surface area (Å²) in [4.78, 5) is 4.10. The highest BCUT2D eigenvalue weighted by Gasteiger charge is 2.26. The Morgan fingerprint density at radius 3 is 2.35 bits per heavy atom. The van der Waals surface area contributed by atoms with E-state index in [1.807, 2.05) is 37.1 Å². The third-order valence-electron chi connectivity index (χ3n) is 3.96. The van der Waals surface area contributed by atoms with E-state index in [-0.39, 0.29) is 0 Å². The van der Waals surface area contributed by atoms with E-state index >= 15 is 0 Å². The molecule has 1 aromatic carbocycles. The fourth-order valence-corrected chi connectivity index (χ4v) is 2.39. The Kier molecular flexibility index (Phi) is 3.42. The Hall–Kier alpha value is -2.47. The molecule has 1 heterocycles. The Labute approximate surface area is 120 Å². The standard InChI is InChI=1S/C17H19N3/c1-11-9-16(10-18)7-8-17(11)20-14(4)12(2)13(3)19(6)15(20)5/h7-9H,4-5H2,1-3,6H3. The molecule has 0 saturated carbocycles. The molecule has 0 aromatic heterocycles. The molecule has 3 heteroatoms. The van der Waals surface area contributed by atoms with Crippen molar-refractivity contribution in [2.75, 3.05) is 11.9 Å². The topological polar surface area (TPSA) is 30.3 Å². The van der Waals surface area contributed by atoms with Gasteiger partial charge in [0.1, 0.15) is 5.82 Å². The van der Waals surface area contributed by atoms with E-state index < -0.39 is 0 Å². The monoisotopic (exact) mass is 265 g/mol. The second-order valence-corrected chi connectivity index (χ2v) is 5.08. The largest absolute Gasteiger partial charge is 0.335 e. The third kappa shape index (κ3) is 2.00. The van der Waals surface area contributed by atoms with Gasteiger partial charge in [-0.3, -0.25) is 4.90 Å². The van der Waals surface area contributed by atoms with Gasteiger partial charge in [-0.15, -0.1) is 0 Å². The van der Waals surface area contributed by atoms with Crippen LogP contribution in [0.3, 0.4) is 0 Å². The Morgan fingerprint density at radius 2 is 1.80 bits per heavy atom. The predicted molar refractivity (Wildman–Crippen MR) is 82.8 cm³/mol. The number of nitrogens with zero attached hydrogens (tertiary/aromatic N) is 3. The number of anilines is 1. The van der Waals surface area contributed by atoms with Gasteiger partial charge < -0.3 is 4.90 Å². The van der Waals surface area contributed by atoms with Gasteiger partial charge in [-0.2, -0.15) is 5.26 Å². The number of nitriles is 1. The summed E-state index contributed by atoms with van der Waals surface area (Å²) >= 11 is 0. The maximum Gasteiger partial charge on any atom is 0.110 e. The van der Waals surface area contributed by atoms with Crippen LogP contribution in [0.4, 0.5) is 5.69 Å². The summed E-state index contributed by atoms with van der Waals surface area (Å²) in [6, 6.07) is 7.82. The zero-order valence-electron chi connectivity index (χ0n) is 12.5. The van der Waals surface area contributed by atoms with Crippen LogP contribution in [0.5, 0.6) is 0 Å². The number of hydrogen-bond acceptors (Lipinski definition) is 3. The van der Waals surface area contributed by atoms with Crippen LogP contribution in [0.2, 0.25) is 0 Å². The number of hydrogen-bond donors (Lipinski definition) is 0. The molecule has 0 aliphatic carbocycles. The van der Waals surface area contributed by atoms with Gasteiger partial charge in [0.2, 0.25) is 0 Å². The molecule has 3 nitrogen and oxygen atoms in total. The molecule has 0 fully saturated rings. The molecule has 0 amide bonds. The van der Waals surface area contributed by atoms with Gasteiger partial charge in [-0.25, -0.2) is 0 Å². The molecule has 0 bridgehead atoms. The molecule has 0 radical (unpaired) electrons. The molecule has 0 atom stereocenters. The normalized spacial score (nSPS) is 15.8. The van der Waals surface area contributed by atoms with Crippen LogP contribution in [-0.2, 0) is 0 Å². The smallest absolute Gasteiger partial charge is 0.110 e. The zero-order valence-corrected chi connectivity index (χ0v) is 12.5. The molecule has 0 unspecified atom stereocenters. The van der Waals surface area contributed by atoms with Crippen molar-refractivity contribution in [2.24, 2.45) is 0 Å². The minimum Gasteiger partial charge on any atom is -0.335 e.